The van der Waals surface area contributed by atoms with Gasteiger partial charge in [0.2, 0.25) is 0 Å². The van der Waals surface area contributed by atoms with Crippen molar-refractivity contribution in [1.29, 1.82) is 5.26 Å². The Morgan fingerprint density at radius 3 is 2.89 bits per heavy atom. The van der Waals surface area contributed by atoms with Crippen molar-refractivity contribution in [2.45, 2.75) is 6.54 Å². The second-order valence-electron chi connectivity index (χ2n) is 3.91. The average molecular weight is 246 g/mol. The van der Waals surface area contributed by atoms with Gasteiger partial charge in [0.1, 0.15) is 6.07 Å². The predicted octanol–water partition coefficient (Wildman–Crippen LogP) is 0.495. The number of hydrogen-bond acceptors (Lipinski definition) is 4. The van der Waals surface area contributed by atoms with Gasteiger partial charge in [-0.2, -0.15) is 5.26 Å². The molecule has 1 aromatic heterocycles. The molecule has 2 heterocycles. The molecule has 1 aliphatic rings. The maximum atomic E-state index is 11.8. The van der Waals surface area contributed by atoms with Crippen LogP contribution >= 0.6 is 0 Å². The molecule has 1 saturated heterocycles. The number of rotatable bonds is 2. The number of nitrogens with zero attached hydrogens (tertiary/aromatic N) is 3. The minimum Gasteiger partial charge on any atom is -0.378 e. The maximum absolute atomic E-state index is 11.8. The van der Waals surface area contributed by atoms with Crippen molar-refractivity contribution in [3.63, 3.8) is 0 Å². The van der Waals surface area contributed by atoms with Crippen molar-refractivity contribution >= 4 is 6.03 Å². The maximum Gasteiger partial charge on any atom is 0.317 e. The summed E-state index contributed by atoms with van der Waals surface area (Å²) in [6.45, 7) is 2.77. The van der Waals surface area contributed by atoms with Gasteiger partial charge in [-0.1, -0.05) is 0 Å². The Hall–Kier alpha value is -2.13. The SMILES string of the molecule is N#Cc1ccc(CNC(=O)N2CCOCC2)nc1. The fraction of sp³-hybridized carbons (Fsp3) is 0.417. The smallest absolute Gasteiger partial charge is 0.317 e. The van der Waals surface area contributed by atoms with E-state index < -0.39 is 0 Å². The summed E-state index contributed by atoms with van der Waals surface area (Å²) < 4.78 is 5.17. The van der Waals surface area contributed by atoms with Gasteiger partial charge in [0.15, 0.2) is 0 Å². The van der Waals surface area contributed by atoms with Crippen LogP contribution in [-0.2, 0) is 11.3 Å². The molecule has 0 atom stereocenters. The highest BCUT2D eigenvalue weighted by molar-refractivity contribution is 5.74. The van der Waals surface area contributed by atoms with Crippen LogP contribution in [0.25, 0.3) is 0 Å². The lowest BCUT2D eigenvalue weighted by Crippen LogP contribution is -2.45. The van der Waals surface area contributed by atoms with Crippen LogP contribution in [0.1, 0.15) is 11.3 Å². The average Bonchev–Trinajstić information content (AvgIpc) is 2.46. The number of pyridine rings is 1. The van der Waals surface area contributed by atoms with Gasteiger partial charge >= 0.3 is 6.03 Å². The highest BCUT2D eigenvalue weighted by Gasteiger charge is 2.16. The van der Waals surface area contributed by atoms with E-state index in [9.17, 15) is 4.79 Å². The first kappa shape index (κ1) is 12.3. The molecule has 2 rings (SSSR count). The van der Waals surface area contributed by atoms with Gasteiger partial charge in [-0.3, -0.25) is 4.98 Å². The summed E-state index contributed by atoms with van der Waals surface area (Å²) in [5, 5.41) is 11.4. The summed E-state index contributed by atoms with van der Waals surface area (Å²) in [5.74, 6) is 0. The first-order valence-corrected chi connectivity index (χ1v) is 5.75. The van der Waals surface area contributed by atoms with Crippen LogP contribution in [0.15, 0.2) is 18.3 Å². The largest absolute Gasteiger partial charge is 0.378 e. The number of carbonyl (C=O) groups is 1. The number of nitrogens with one attached hydrogen (secondary N) is 1. The zero-order chi connectivity index (χ0) is 12.8. The number of ether oxygens (including phenoxy) is 1. The minimum absolute atomic E-state index is 0.107. The number of carbonyl (C=O) groups excluding carboxylic acids is 1. The summed E-state index contributed by atoms with van der Waals surface area (Å²) in [6, 6.07) is 5.31. The van der Waals surface area contributed by atoms with E-state index in [4.69, 9.17) is 10.00 Å². The van der Waals surface area contributed by atoms with E-state index in [1.807, 2.05) is 6.07 Å². The quantitative estimate of drug-likeness (QED) is 0.824. The molecule has 0 aromatic carbocycles. The number of hydrogen-bond donors (Lipinski definition) is 1. The minimum atomic E-state index is -0.107. The van der Waals surface area contributed by atoms with Gasteiger partial charge in [0.05, 0.1) is 31.0 Å². The van der Waals surface area contributed by atoms with Crippen LogP contribution in [-0.4, -0.2) is 42.2 Å². The first-order chi connectivity index (χ1) is 8.79. The monoisotopic (exact) mass is 246 g/mol. The molecule has 18 heavy (non-hydrogen) atoms. The Morgan fingerprint density at radius 1 is 1.50 bits per heavy atom. The zero-order valence-electron chi connectivity index (χ0n) is 9.93. The van der Waals surface area contributed by atoms with E-state index in [0.29, 0.717) is 38.4 Å². The van der Waals surface area contributed by atoms with Crippen molar-refractivity contribution in [1.82, 2.24) is 15.2 Å². The Bertz CT molecular complexity index is 446. The van der Waals surface area contributed by atoms with Crippen molar-refractivity contribution in [2.75, 3.05) is 26.3 Å². The van der Waals surface area contributed by atoms with E-state index >= 15 is 0 Å². The fourth-order valence-corrected chi connectivity index (χ4v) is 1.64. The Balaban J connectivity index is 1.83. The summed E-state index contributed by atoms with van der Waals surface area (Å²) in [4.78, 5) is 17.6. The predicted molar refractivity (Wildman–Crippen MR) is 63.6 cm³/mol. The molecule has 0 aliphatic carbocycles. The molecule has 0 saturated carbocycles. The normalized spacial score (nSPS) is 14.9. The van der Waals surface area contributed by atoms with Gasteiger partial charge in [-0.05, 0) is 12.1 Å². The second kappa shape index (κ2) is 5.98. The van der Waals surface area contributed by atoms with Crippen LogP contribution in [0, 0.1) is 11.3 Å². The van der Waals surface area contributed by atoms with Gasteiger partial charge in [-0.15, -0.1) is 0 Å². The van der Waals surface area contributed by atoms with Gasteiger partial charge in [-0.25, -0.2) is 4.79 Å². The molecule has 1 N–H and O–H groups in total. The third-order valence-electron chi connectivity index (χ3n) is 2.67. The van der Waals surface area contributed by atoms with E-state index in [1.54, 1.807) is 17.0 Å². The molecule has 1 aliphatic heterocycles. The van der Waals surface area contributed by atoms with Gasteiger partial charge < -0.3 is 15.0 Å². The van der Waals surface area contributed by atoms with Crippen molar-refractivity contribution < 1.29 is 9.53 Å². The number of amides is 2. The molecular formula is C12H14N4O2. The van der Waals surface area contributed by atoms with E-state index in [0.717, 1.165) is 5.69 Å². The molecule has 94 valence electrons. The number of aromatic nitrogens is 1. The molecule has 1 fully saturated rings. The number of nitriles is 1. The molecule has 1 aromatic rings. The number of urea groups is 1. The topological polar surface area (TPSA) is 78.2 Å². The van der Waals surface area contributed by atoms with Crippen LogP contribution in [0.5, 0.6) is 0 Å². The fourth-order valence-electron chi connectivity index (χ4n) is 1.64. The van der Waals surface area contributed by atoms with E-state index in [2.05, 4.69) is 10.3 Å². The molecule has 0 unspecified atom stereocenters. The molecule has 0 radical (unpaired) electrons. The van der Waals surface area contributed by atoms with Crippen LogP contribution in [0.2, 0.25) is 0 Å². The van der Waals surface area contributed by atoms with Crippen molar-refractivity contribution in [3.8, 4) is 6.07 Å². The van der Waals surface area contributed by atoms with Crippen molar-refractivity contribution in [3.05, 3.63) is 29.6 Å². The zero-order valence-corrected chi connectivity index (χ0v) is 9.93. The standard InChI is InChI=1S/C12H14N4O2/c13-7-10-1-2-11(14-8-10)9-15-12(17)16-3-5-18-6-4-16/h1-2,8H,3-6,9H2,(H,15,17). The molecule has 0 spiro atoms. The molecule has 6 heteroatoms. The summed E-state index contributed by atoms with van der Waals surface area (Å²) >= 11 is 0. The van der Waals surface area contributed by atoms with Crippen LogP contribution in [0.3, 0.4) is 0 Å². The van der Waals surface area contributed by atoms with Crippen molar-refractivity contribution in [2.24, 2.45) is 0 Å². The van der Waals surface area contributed by atoms with E-state index in [-0.39, 0.29) is 6.03 Å². The summed E-state index contributed by atoms with van der Waals surface area (Å²) in [5.41, 5.74) is 1.24. The summed E-state index contributed by atoms with van der Waals surface area (Å²) in [6.07, 6.45) is 1.50. The highest BCUT2D eigenvalue weighted by atomic mass is 16.5. The summed E-state index contributed by atoms with van der Waals surface area (Å²) in [7, 11) is 0. The molecule has 6 nitrogen and oxygen atoms in total. The first-order valence-electron chi connectivity index (χ1n) is 5.75. The van der Waals surface area contributed by atoms with Gasteiger partial charge in [0, 0.05) is 19.3 Å². The van der Waals surface area contributed by atoms with E-state index in [1.165, 1.54) is 6.20 Å². The molecular weight excluding hydrogens is 232 g/mol. The lowest BCUT2D eigenvalue weighted by molar-refractivity contribution is 0.0531. The lowest BCUT2D eigenvalue weighted by Gasteiger charge is -2.26. The Morgan fingerprint density at radius 2 is 2.28 bits per heavy atom. The Labute approximate surface area is 105 Å². The second-order valence-corrected chi connectivity index (χ2v) is 3.91. The van der Waals surface area contributed by atoms with Crippen LogP contribution < -0.4 is 5.32 Å². The lowest BCUT2D eigenvalue weighted by atomic mass is 10.2. The van der Waals surface area contributed by atoms with Crippen LogP contribution in [0.4, 0.5) is 4.79 Å². The van der Waals surface area contributed by atoms with Gasteiger partial charge in [0.25, 0.3) is 0 Å². The third-order valence-corrected chi connectivity index (χ3v) is 2.67. The Kier molecular flexibility index (Phi) is 4.10. The molecule has 0 bridgehead atoms. The molecule has 2 amide bonds. The number of morpholine rings is 1. The highest BCUT2D eigenvalue weighted by Crippen LogP contribution is 2.00. The third kappa shape index (κ3) is 3.18.